The van der Waals surface area contributed by atoms with Gasteiger partial charge in [0, 0.05) is 19.0 Å². The Hall–Kier alpha value is -3.35. The summed E-state index contributed by atoms with van der Waals surface area (Å²) in [5.74, 6) is -1.23. The first kappa shape index (κ1) is 21.5. The van der Waals surface area contributed by atoms with Gasteiger partial charge in [0.25, 0.3) is 0 Å². The maximum atomic E-state index is 13.1. The van der Waals surface area contributed by atoms with Gasteiger partial charge in [-0.2, -0.15) is 0 Å². The molecule has 3 aliphatic rings. The Kier molecular flexibility index (Phi) is 5.35. The van der Waals surface area contributed by atoms with Crippen molar-refractivity contribution in [2.24, 2.45) is 11.3 Å². The summed E-state index contributed by atoms with van der Waals surface area (Å²) < 4.78 is 5.58. The Morgan fingerprint density at radius 2 is 1.67 bits per heavy atom. The van der Waals surface area contributed by atoms with Gasteiger partial charge in [0.05, 0.1) is 5.41 Å². The first-order chi connectivity index (χ1) is 15.9. The van der Waals surface area contributed by atoms with Gasteiger partial charge >= 0.3 is 12.1 Å². The fraction of sp³-hybridized carbons (Fsp3) is 0.423. The molecule has 1 heterocycles. The molecule has 2 fully saturated rings. The van der Waals surface area contributed by atoms with E-state index in [1.54, 1.807) is 0 Å². The molecule has 172 valence electrons. The van der Waals surface area contributed by atoms with E-state index >= 15 is 0 Å². The summed E-state index contributed by atoms with van der Waals surface area (Å²) >= 11 is 0. The van der Waals surface area contributed by atoms with Crippen molar-refractivity contribution in [2.45, 2.75) is 38.1 Å². The average molecular weight is 449 g/mol. The van der Waals surface area contributed by atoms with Crippen LogP contribution < -0.4 is 5.32 Å². The molecule has 1 saturated carbocycles. The molecule has 1 saturated heterocycles. The summed E-state index contributed by atoms with van der Waals surface area (Å²) in [5, 5.41) is 12.3. The standard InChI is InChI=1S/C26H28N2O5/c1-16-10-13-28(22(16)23(29)30)24(31)26(11-12-26)15-27-25(32)33-14-21-19-8-4-2-6-17(19)18-7-3-5-9-20(18)21/h2-9,16,21-22H,10-15H2,1H3,(H,27,32)(H,29,30). The number of nitrogens with one attached hydrogen (secondary N) is 1. The number of rotatable bonds is 6. The second-order valence-corrected chi connectivity index (χ2v) is 9.51. The van der Waals surface area contributed by atoms with Crippen LogP contribution in [0.4, 0.5) is 4.79 Å². The third-order valence-corrected chi connectivity index (χ3v) is 7.44. The van der Waals surface area contributed by atoms with Gasteiger partial charge in [0.1, 0.15) is 12.6 Å². The molecule has 0 spiro atoms. The molecule has 2 N–H and O–H groups in total. The van der Waals surface area contributed by atoms with E-state index in [1.165, 1.54) is 4.90 Å². The number of ether oxygens (including phenoxy) is 1. The Balaban J connectivity index is 1.20. The Labute approximate surface area is 192 Å². The fourth-order valence-corrected chi connectivity index (χ4v) is 5.36. The molecule has 7 nitrogen and oxygen atoms in total. The van der Waals surface area contributed by atoms with Crippen LogP contribution >= 0.6 is 0 Å². The van der Waals surface area contributed by atoms with Crippen LogP contribution in [0.2, 0.25) is 0 Å². The number of nitrogens with zero attached hydrogens (tertiary/aromatic N) is 1. The topological polar surface area (TPSA) is 95.9 Å². The summed E-state index contributed by atoms with van der Waals surface area (Å²) in [6, 6.07) is 15.5. The van der Waals surface area contributed by atoms with E-state index in [9.17, 15) is 19.5 Å². The van der Waals surface area contributed by atoms with Crippen molar-refractivity contribution in [3.8, 4) is 11.1 Å². The SMILES string of the molecule is CC1CCN(C(=O)C2(CNC(=O)OCC3c4ccccc4-c4ccccc43)CC2)C1C(=O)O. The zero-order valence-corrected chi connectivity index (χ0v) is 18.6. The summed E-state index contributed by atoms with van der Waals surface area (Å²) in [6.07, 6.45) is 1.42. The van der Waals surface area contributed by atoms with E-state index in [-0.39, 0.29) is 30.9 Å². The second-order valence-electron chi connectivity index (χ2n) is 9.51. The molecule has 2 amide bonds. The molecule has 2 atom stereocenters. The first-order valence-electron chi connectivity index (χ1n) is 11.5. The Bertz CT molecular complexity index is 1060. The van der Waals surface area contributed by atoms with Crippen LogP contribution in [0.3, 0.4) is 0 Å². The molecule has 0 aromatic heterocycles. The number of carbonyl (C=O) groups excluding carboxylic acids is 2. The highest BCUT2D eigenvalue weighted by Crippen LogP contribution is 2.48. The number of amides is 2. The van der Waals surface area contributed by atoms with Crippen LogP contribution in [0.15, 0.2) is 48.5 Å². The number of likely N-dealkylation sites (tertiary alicyclic amines) is 1. The largest absolute Gasteiger partial charge is 0.480 e. The lowest BCUT2D eigenvalue weighted by atomic mass is 9.98. The van der Waals surface area contributed by atoms with Crippen LogP contribution in [-0.2, 0) is 14.3 Å². The summed E-state index contributed by atoms with van der Waals surface area (Å²) in [5.41, 5.74) is 3.91. The maximum absolute atomic E-state index is 13.1. The minimum atomic E-state index is -0.964. The van der Waals surface area contributed by atoms with Crippen molar-refractivity contribution < 1.29 is 24.2 Å². The highest BCUT2D eigenvalue weighted by atomic mass is 16.5. The normalized spacial score (nSPS) is 22.4. The number of benzene rings is 2. The number of carbonyl (C=O) groups is 3. The van der Waals surface area contributed by atoms with E-state index in [1.807, 2.05) is 31.2 Å². The van der Waals surface area contributed by atoms with E-state index in [4.69, 9.17) is 4.74 Å². The quantitative estimate of drug-likeness (QED) is 0.704. The van der Waals surface area contributed by atoms with Gasteiger partial charge in [0.2, 0.25) is 5.91 Å². The molecule has 1 aliphatic heterocycles. The van der Waals surface area contributed by atoms with Crippen molar-refractivity contribution in [1.82, 2.24) is 10.2 Å². The van der Waals surface area contributed by atoms with E-state index < -0.39 is 23.5 Å². The molecule has 2 unspecified atom stereocenters. The van der Waals surface area contributed by atoms with Crippen molar-refractivity contribution in [3.05, 3.63) is 59.7 Å². The number of alkyl carbamates (subject to hydrolysis) is 1. The zero-order valence-electron chi connectivity index (χ0n) is 18.6. The third-order valence-electron chi connectivity index (χ3n) is 7.44. The first-order valence-corrected chi connectivity index (χ1v) is 11.5. The summed E-state index contributed by atoms with van der Waals surface area (Å²) in [6.45, 7) is 2.69. The lowest BCUT2D eigenvalue weighted by molar-refractivity contribution is -0.151. The van der Waals surface area contributed by atoms with Crippen LogP contribution in [0.5, 0.6) is 0 Å². The fourth-order valence-electron chi connectivity index (χ4n) is 5.36. The zero-order chi connectivity index (χ0) is 23.2. The predicted molar refractivity (Wildman–Crippen MR) is 122 cm³/mol. The monoisotopic (exact) mass is 448 g/mol. The van der Waals surface area contributed by atoms with Crippen molar-refractivity contribution in [3.63, 3.8) is 0 Å². The lowest BCUT2D eigenvalue weighted by Crippen LogP contribution is -2.48. The van der Waals surface area contributed by atoms with Gasteiger partial charge in [-0.3, -0.25) is 4.79 Å². The van der Waals surface area contributed by atoms with Gasteiger partial charge in [-0.05, 0) is 47.4 Å². The lowest BCUT2D eigenvalue weighted by Gasteiger charge is -2.28. The summed E-state index contributed by atoms with van der Waals surface area (Å²) in [7, 11) is 0. The van der Waals surface area contributed by atoms with E-state index in [2.05, 4.69) is 29.6 Å². The molecular weight excluding hydrogens is 420 g/mol. The summed E-state index contributed by atoms with van der Waals surface area (Å²) in [4.78, 5) is 38.8. The van der Waals surface area contributed by atoms with Gasteiger partial charge in [0.15, 0.2) is 0 Å². The number of hydrogen-bond donors (Lipinski definition) is 2. The third kappa shape index (κ3) is 3.75. The van der Waals surface area contributed by atoms with Crippen molar-refractivity contribution in [2.75, 3.05) is 19.7 Å². The average Bonchev–Trinajstić information content (AvgIpc) is 3.41. The van der Waals surface area contributed by atoms with Gasteiger partial charge in [-0.25, -0.2) is 9.59 Å². The Morgan fingerprint density at radius 3 is 2.24 bits per heavy atom. The number of aliphatic carboxylic acids is 1. The molecular formula is C26H28N2O5. The van der Waals surface area contributed by atoms with E-state index in [0.29, 0.717) is 25.8 Å². The van der Waals surface area contributed by atoms with Gasteiger partial charge in [-0.15, -0.1) is 0 Å². The number of carboxylic acids is 1. The van der Waals surface area contributed by atoms with E-state index in [0.717, 1.165) is 22.3 Å². The van der Waals surface area contributed by atoms with Crippen LogP contribution in [-0.4, -0.2) is 53.7 Å². The van der Waals surface area contributed by atoms with Crippen LogP contribution in [0.25, 0.3) is 11.1 Å². The second kappa shape index (κ2) is 8.21. The number of carboxylic acid groups (broad SMARTS) is 1. The molecule has 33 heavy (non-hydrogen) atoms. The predicted octanol–water partition coefficient (Wildman–Crippen LogP) is 3.63. The number of fused-ring (bicyclic) bond motifs is 3. The molecule has 0 radical (unpaired) electrons. The molecule has 2 aliphatic carbocycles. The molecule has 7 heteroatoms. The van der Waals surface area contributed by atoms with Gasteiger partial charge < -0.3 is 20.1 Å². The van der Waals surface area contributed by atoms with Crippen LogP contribution in [0, 0.1) is 11.3 Å². The molecule has 5 rings (SSSR count). The van der Waals surface area contributed by atoms with Gasteiger partial charge in [-0.1, -0.05) is 55.5 Å². The minimum absolute atomic E-state index is 0.0259. The highest BCUT2D eigenvalue weighted by Gasteiger charge is 2.55. The highest BCUT2D eigenvalue weighted by molar-refractivity contribution is 5.90. The minimum Gasteiger partial charge on any atom is -0.480 e. The molecule has 2 aromatic carbocycles. The number of hydrogen-bond acceptors (Lipinski definition) is 4. The van der Waals surface area contributed by atoms with Crippen molar-refractivity contribution >= 4 is 18.0 Å². The molecule has 2 aromatic rings. The van der Waals surface area contributed by atoms with Crippen molar-refractivity contribution in [1.29, 1.82) is 0 Å². The molecule has 0 bridgehead atoms. The van der Waals surface area contributed by atoms with Crippen LogP contribution in [0.1, 0.15) is 43.2 Å². The smallest absolute Gasteiger partial charge is 0.407 e. The maximum Gasteiger partial charge on any atom is 0.407 e. The Morgan fingerprint density at radius 1 is 1.06 bits per heavy atom.